The average molecular weight is 194 g/mol. The minimum atomic E-state index is 0. The van der Waals surface area contributed by atoms with Crippen molar-refractivity contribution in [3.63, 3.8) is 0 Å². The van der Waals surface area contributed by atoms with Crippen LogP contribution in [-0.2, 0) is 0 Å². The molecular formula is C9H20ClNO. The van der Waals surface area contributed by atoms with Crippen molar-refractivity contribution in [1.29, 1.82) is 0 Å². The molecule has 74 valence electrons. The Morgan fingerprint density at radius 3 is 2.42 bits per heavy atom. The Morgan fingerprint density at radius 2 is 1.83 bits per heavy atom. The molecule has 1 aliphatic carbocycles. The summed E-state index contributed by atoms with van der Waals surface area (Å²) in [5.41, 5.74) is 0. The van der Waals surface area contributed by atoms with E-state index in [1.165, 1.54) is 32.1 Å². The summed E-state index contributed by atoms with van der Waals surface area (Å²) in [5, 5.41) is 12.0. The molecule has 1 rings (SSSR count). The van der Waals surface area contributed by atoms with Gasteiger partial charge < -0.3 is 10.4 Å². The van der Waals surface area contributed by atoms with E-state index in [4.69, 9.17) is 5.11 Å². The van der Waals surface area contributed by atoms with Gasteiger partial charge in [-0.2, -0.15) is 0 Å². The molecule has 0 spiro atoms. The maximum absolute atomic E-state index is 8.56. The van der Waals surface area contributed by atoms with E-state index in [1.54, 1.807) is 0 Å². The molecule has 0 radical (unpaired) electrons. The summed E-state index contributed by atoms with van der Waals surface area (Å²) in [6.45, 7) is 1.31. The number of halogens is 1. The van der Waals surface area contributed by atoms with E-state index in [-0.39, 0.29) is 12.4 Å². The first-order chi connectivity index (χ1) is 5.43. The normalized spacial score (nSPS) is 18.8. The van der Waals surface area contributed by atoms with Crippen LogP contribution >= 0.6 is 12.4 Å². The summed E-state index contributed by atoms with van der Waals surface area (Å²) < 4.78 is 0. The van der Waals surface area contributed by atoms with Crippen molar-refractivity contribution in [3.8, 4) is 0 Å². The molecule has 2 N–H and O–H groups in total. The highest BCUT2D eigenvalue weighted by molar-refractivity contribution is 5.85. The Kier molecular flexibility index (Phi) is 7.98. The molecular weight excluding hydrogens is 174 g/mol. The molecule has 12 heavy (non-hydrogen) atoms. The third-order valence-corrected chi connectivity index (χ3v) is 2.37. The van der Waals surface area contributed by atoms with Gasteiger partial charge in [0.2, 0.25) is 0 Å². The minimum Gasteiger partial charge on any atom is -0.396 e. The molecule has 0 saturated heterocycles. The zero-order chi connectivity index (χ0) is 7.94. The summed E-state index contributed by atoms with van der Waals surface area (Å²) in [5.74, 6) is 0. The van der Waals surface area contributed by atoms with E-state index < -0.39 is 0 Å². The van der Waals surface area contributed by atoms with Gasteiger partial charge in [-0.25, -0.2) is 0 Å². The van der Waals surface area contributed by atoms with Gasteiger partial charge in [0.25, 0.3) is 0 Å². The number of hydrogen-bond acceptors (Lipinski definition) is 2. The second kappa shape index (κ2) is 7.84. The van der Waals surface area contributed by atoms with Gasteiger partial charge in [0.05, 0.1) is 0 Å². The molecule has 0 aromatic rings. The van der Waals surface area contributed by atoms with Crippen molar-refractivity contribution < 1.29 is 5.11 Å². The molecule has 1 fully saturated rings. The Bertz CT molecular complexity index is 94.5. The van der Waals surface area contributed by atoms with Crippen LogP contribution in [0.1, 0.15) is 38.5 Å². The van der Waals surface area contributed by atoms with Crippen LogP contribution in [0.15, 0.2) is 0 Å². The lowest BCUT2D eigenvalue weighted by molar-refractivity contribution is 0.277. The van der Waals surface area contributed by atoms with Crippen LogP contribution in [0.3, 0.4) is 0 Å². The van der Waals surface area contributed by atoms with Gasteiger partial charge in [-0.05, 0) is 25.8 Å². The van der Waals surface area contributed by atoms with Gasteiger partial charge in [-0.1, -0.05) is 19.3 Å². The van der Waals surface area contributed by atoms with E-state index >= 15 is 0 Å². The third-order valence-electron chi connectivity index (χ3n) is 2.37. The lowest BCUT2D eigenvalue weighted by Crippen LogP contribution is -2.31. The monoisotopic (exact) mass is 193 g/mol. The first-order valence-corrected chi connectivity index (χ1v) is 4.77. The smallest absolute Gasteiger partial charge is 0.0443 e. The summed E-state index contributed by atoms with van der Waals surface area (Å²) in [4.78, 5) is 0. The Hall–Kier alpha value is 0.210. The predicted molar refractivity (Wildman–Crippen MR) is 53.8 cm³/mol. The maximum Gasteiger partial charge on any atom is 0.0443 e. The van der Waals surface area contributed by atoms with Gasteiger partial charge in [-0.3, -0.25) is 0 Å². The van der Waals surface area contributed by atoms with Crippen LogP contribution in [0.4, 0.5) is 0 Å². The van der Waals surface area contributed by atoms with Crippen LogP contribution in [0.25, 0.3) is 0 Å². The van der Waals surface area contributed by atoms with E-state index in [0.29, 0.717) is 6.61 Å². The largest absolute Gasteiger partial charge is 0.396 e. The SMILES string of the molecule is Cl.OCCCNC1CCCCC1. The fraction of sp³-hybridized carbons (Fsp3) is 1.00. The third kappa shape index (κ3) is 4.96. The van der Waals surface area contributed by atoms with Gasteiger partial charge >= 0.3 is 0 Å². The standard InChI is InChI=1S/C9H19NO.ClH/c11-8-4-7-10-9-5-2-1-3-6-9;/h9-11H,1-8H2;1H. The highest BCUT2D eigenvalue weighted by atomic mass is 35.5. The highest BCUT2D eigenvalue weighted by Crippen LogP contribution is 2.16. The second-order valence-electron chi connectivity index (χ2n) is 3.37. The quantitative estimate of drug-likeness (QED) is 0.667. The maximum atomic E-state index is 8.56. The summed E-state index contributed by atoms with van der Waals surface area (Å²) >= 11 is 0. The predicted octanol–water partition coefficient (Wildman–Crippen LogP) is 1.71. The molecule has 0 unspecified atom stereocenters. The van der Waals surface area contributed by atoms with Crippen LogP contribution in [0.5, 0.6) is 0 Å². The molecule has 0 aromatic carbocycles. The first-order valence-electron chi connectivity index (χ1n) is 4.77. The lowest BCUT2D eigenvalue weighted by atomic mass is 9.95. The molecule has 1 aliphatic rings. The van der Waals surface area contributed by atoms with Crippen molar-refractivity contribution in [1.82, 2.24) is 5.32 Å². The molecule has 3 heteroatoms. The number of rotatable bonds is 4. The Balaban J connectivity index is 0.00000121. The fourth-order valence-electron chi connectivity index (χ4n) is 1.69. The van der Waals surface area contributed by atoms with Gasteiger partial charge in [0, 0.05) is 12.6 Å². The first kappa shape index (κ1) is 12.2. The molecule has 0 bridgehead atoms. The van der Waals surface area contributed by atoms with Crippen molar-refractivity contribution >= 4 is 12.4 Å². The molecule has 0 atom stereocenters. The molecule has 0 heterocycles. The molecule has 0 aromatic heterocycles. The number of nitrogens with one attached hydrogen (secondary N) is 1. The van der Waals surface area contributed by atoms with E-state index in [2.05, 4.69) is 5.32 Å². The Labute approximate surface area is 81.2 Å². The number of hydrogen-bond donors (Lipinski definition) is 2. The summed E-state index contributed by atoms with van der Waals surface area (Å²) in [7, 11) is 0. The molecule has 1 saturated carbocycles. The van der Waals surface area contributed by atoms with Crippen molar-refractivity contribution in [2.24, 2.45) is 0 Å². The van der Waals surface area contributed by atoms with Crippen molar-refractivity contribution in [3.05, 3.63) is 0 Å². The highest BCUT2D eigenvalue weighted by Gasteiger charge is 2.11. The van der Waals surface area contributed by atoms with Gasteiger partial charge in [0.1, 0.15) is 0 Å². The van der Waals surface area contributed by atoms with Crippen LogP contribution in [-0.4, -0.2) is 24.3 Å². The zero-order valence-electron chi connectivity index (χ0n) is 7.59. The average Bonchev–Trinajstić information content (AvgIpc) is 2.07. The lowest BCUT2D eigenvalue weighted by Gasteiger charge is -2.22. The van der Waals surface area contributed by atoms with Gasteiger partial charge in [-0.15, -0.1) is 12.4 Å². The molecule has 0 aliphatic heterocycles. The van der Waals surface area contributed by atoms with E-state index in [1.807, 2.05) is 0 Å². The van der Waals surface area contributed by atoms with Crippen molar-refractivity contribution in [2.75, 3.05) is 13.2 Å². The summed E-state index contributed by atoms with van der Waals surface area (Å²) in [6.07, 6.45) is 7.76. The summed E-state index contributed by atoms with van der Waals surface area (Å²) in [6, 6.07) is 0.746. The number of aliphatic hydroxyl groups excluding tert-OH is 1. The fourth-order valence-corrected chi connectivity index (χ4v) is 1.69. The second-order valence-corrected chi connectivity index (χ2v) is 3.37. The molecule has 0 amide bonds. The number of aliphatic hydroxyl groups is 1. The van der Waals surface area contributed by atoms with Crippen LogP contribution in [0, 0.1) is 0 Å². The van der Waals surface area contributed by atoms with Gasteiger partial charge in [0.15, 0.2) is 0 Å². The van der Waals surface area contributed by atoms with E-state index in [0.717, 1.165) is 19.0 Å². The van der Waals surface area contributed by atoms with E-state index in [9.17, 15) is 0 Å². The molecule has 2 nitrogen and oxygen atoms in total. The van der Waals surface area contributed by atoms with Crippen LogP contribution in [0.2, 0.25) is 0 Å². The Morgan fingerprint density at radius 1 is 1.17 bits per heavy atom. The zero-order valence-corrected chi connectivity index (χ0v) is 8.41. The topological polar surface area (TPSA) is 32.3 Å². The minimum absolute atomic E-state index is 0. The van der Waals surface area contributed by atoms with Crippen LogP contribution < -0.4 is 5.32 Å². The van der Waals surface area contributed by atoms with Crippen molar-refractivity contribution in [2.45, 2.75) is 44.6 Å².